The van der Waals surface area contributed by atoms with Gasteiger partial charge < -0.3 is 0 Å². The molecule has 0 aromatic heterocycles. The Bertz CT molecular complexity index is 599. The minimum Gasteiger partial charge on any atom is -0.207 e. The van der Waals surface area contributed by atoms with Crippen LogP contribution < -0.4 is 0 Å². The van der Waals surface area contributed by atoms with E-state index in [2.05, 4.69) is 15.9 Å². The van der Waals surface area contributed by atoms with Crippen molar-refractivity contribution in [3.05, 3.63) is 29.6 Å². The Morgan fingerprint density at radius 1 is 1.19 bits per heavy atom. The molecule has 0 bridgehead atoms. The Labute approximate surface area is 130 Å². The third-order valence-electron chi connectivity index (χ3n) is 3.55. The number of hydrogen-bond acceptors (Lipinski definition) is 2. The molecule has 1 saturated heterocycles. The van der Waals surface area contributed by atoms with Gasteiger partial charge in [-0.1, -0.05) is 22.4 Å². The first-order valence-electron chi connectivity index (χ1n) is 6.60. The van der Waals surface area contributed by atoms with Crippen LogP contribution in [-0.2, 0) is 10.0 Å². The maximum absolute atomic E-state index is 13.8. The van der Waals surface area contributed by atoms with Crippen molar-refractivity contribution in [2.45, 2.75) is 36.6 Å². The lowest BCUT2D eigenvalue weighted by Gasteiger charge is -2.34. The van der Waals surface area contributed by atoms with Crippen molar-refractivity contribution in [2.24, 2.45) is 0 Å². The van der Waals surface area contributed by atoms with E-state index in [0.29, 0.717) is 36.7 Å². The molecule has 0 saturated carbocycles. The highest BCUT2D eigenvalue weighted by Crippen LogP contribution is 2.30. The summed E-state index contributed by atoms with van der Waals surface area (Å²) in [7, 11) is -4.32. The molecule has 21 heavy (non-hydrogen) atoms. The van der Waals surface area contributed by atoms with Gasteiger partial charge in [-0.25, -0.2) is 21.6 Å². The summed E-state index contributed by atoms with van der Waals surface area (Å²) in [4.78, 5) is -1.06. The Morgan fingerprint density at radius 2 is 1.81 bits per heavy atom. The maximum atomic E-state index is 13.8. The Balaban J connectivity index is 2.45. The van der Waals surface area contributed by atoms with Crippen LogP contribution in [0.4, 0.5) is 13.2 Å². The second-order valence-corrected chi connectivity index (χ2v) is 7.56. The Morgan fingerprint density at radius 3 is 2.38 bits per heavy atom. The number of hydrogen-bond donors (Lipinski definition) is 0. The van der Waals surface area contributed by atoms with Gasteiger partial charge in [0.05, 0.1) is 0 Å². The number of nitrogens with zero attached hydrogens (tertiary/aromatic N) is 1. The van der Waals surface area contributed by atoms with Gasteiger partial charge in [0, 0.05) is 30.0 Å². The van der Waals surface area contributed by atoms with E-state index in [1.54, 1.807) is 0 Å². The predicted octanol–water partition coefficient (Wildman–Crippen LogP) is 3.43. The third kappa shape index (κ3) is 3.43. The van der Waals surface area contributed by atoms with Crippen LogP contribution in [-0.4, -0.2) is 30.6 Å². The van der Waals surface area contributed by atoms with Gasteiger partial charge in [-0.2, -0.15) is 4.31 Å². The van der Waals surface area contributed by atoms with Crippen LogP contribution in [0.5, 0.6) is 0 Å². The van der Waals surface area contributed by atoms with Gasteiger partial charge in [-0.05, 0) is 19.3 Å². The van der Waals surface area contributed by atoms with Gasteiger partial charge in [-0.3, -0.25) is 0 Å². The van der Waals surface area contributed by atoms with Gasteiger partial charge >= 0.3 is 0 Å². The normalized spacial score (nSPS) is 20.7. The summed E-state index contributed by atoms with van der Waals surface area (Å²) in [5.74, 6) is -3.93. The van der Waals surface area contributed by atoms with Gasteiger partial charge in [0.2, 0.25) is 10.0 Å². The fraction of sp³-hybridized carbons (Fsp3) is 0.538. The molecular formula is C13H15BrF3NO2S. The second-order valence-electron chi connectivity index (χ2n) is 4.94. The number of rotatable bonds is 4. The number of sulfonamides is 1. The molecule has 0 spiro atoms. The molecule has 1 aliphatic rings. The monoisotopic (exact) mass is 385 g/mol. The molecule has 0 N–H and O–H groups in total. The summed E-state index contributed by atoms with van der Waals surface area (Å²) in [6, 6.07) is 0.478. The standard InChI is InChI=1S/C13H15BrF3NO2S/c14-5-4-10-3-1-2-6-18(10)21(19,20)13-11(16)7-9(15)8-12(13)17/h7-8,10H,1-6H2. The van der Waals surface area contributed by atoms with Gasteiger partial charge in [0.1, 0.15) is 17.5 Å². The van der Waals surface area contributed by atoms with E-state index in [9.17, 15) is 21.6 Å². The molecule has 0 amide bonds. The summed E-state index contributed by atoms with van der Waals surface area (Å²) < 4.78 is 66.7. The summed E-state index contributed by atoms with van der Waals surface area (Å²) in [5, 5.41) is 0.595. The highest BCUT2D eigenvalue weighted by atomic mass is 79.9. The molecule has 3 nitrogen and oxygen atoms in total. The van der Waals surface area contributed by atoms with E-state index in [1.807, 2.05) is 0 Å². The predicted molar refractivity (Wildman–Crippen MR) is 76.3 cm³/mol. The third-order valence-corrected chi connectivity index (χ3v) is 6.01. The molecule has 0 aliphatic carbocycles. The first kappa shape index (κ1) is 16.8. The van der Waals surface area contributed by atoms with Crippen LogP contribution in [0.25, 0.3) is 0 Å². The zero-order valence-electron chi connectivity index (χ0n) is 11.2. The van der Waals surface area contributed by atoms with Crippen molar-refractivity contribution in [1.82, 2.24) is 4.31 Å². The largest absolute Gasteiger partial charge is 0.249 e. The van der Waals surface area contributed by atoms with E-state index in [0.717, 1.165) is 10.7 Å². The lowest BCUT2D eigenvalue weighted by Crippen LogP contribution is -2.44. The van der Waals surface area contributed by atoms with E-state index in [-0.39, 0.29) is 12.6 Å². The lowest BCUT2D eigenvalue weighted by molar-refractivity contribution is 0.246. The smallest absolute Gasteiger partial charge is 0.207 e. The molecule has 118 valence electrons. The molecule has 1 aliphatic heterocycles. The van der Waals surface area contributed by atoms with Crippen LogP contribution in [0, 0.1) is 17.5 Å². The van der Waals surface area contributed by atoms with Gasteiger partial charge in [0.15, 0.2) is 4.90 Å². The van der Waals surface area contributed by atoms with Crippen molar-refractivity contribution in [2.75, 3.05) is 11.9 Å². The molecule has 1 atom stereocenters. The van der Waals surface area contributed by atoms with E-state index < -0.39 is 32.4 Å². The Kier molecular flexibility index (Phi) is 5.32. The maximum Gasteiger partial charge on any atom is 0.249 e. The number of alkyl halides is 1. The lowest BCUT2D eigenvalue weighted by atomic mass is 10.0. The highest BCUT2D eigenvalue weighted by molar-refractivity contribution is 9.09. The average Bonchev–Trinajstić information content (AvgIpc) is 2.37. The topological polar surface area (TPSA) is 37.4 Å². The van der Waals surface area contributed by atoms with Crippen molar-refractivity contribution in [3.8, 4) is 0 Å². The number of piperidine rings is 1. The molecule has 1 unspecified atom stereocenters. The SMILES string of the molecule is O=S(=O)(c1c(F)cc(F)cc1F)N1CCCCC1CCBr. The van der Waals surface area contributed by atoms with Crippen LogP contribution >= 0.6 is 15.9 Å². The first-order chi connectivity index (χ1) is 9.87. The summed E-state index contributed by atoms with van der Waals surface area (Å²) in [6.45, 7) is 0.219. The van der Waals surface area contributed by atoms with Gasteiger partial charge in [0.25, 0.3) is 0 Å². The molecule has 0 radical (unpaired) electrons. The highest BCUT2D eigenvalue weighted by Gasteiger charge is 2.36. The second kappa shape index (κ2) is 6.66. The quantitative estimate of drug-likeness (QED) is 0.744. The van der Waals surface area contributed by atoms with Crippen LogP contribution in [0.2, 0.25) is 0 Å². The fourth-order valence-corrected chi connectivity index (χ4v) is 4.94. The average molecular weight is 386 g/mol. The summed E-state index contributed by atoms with van der Waals surface area (Å²) in [5.41, 5.74) is 0. The summed E-state index contributed by atoms with van der Waals surface area (Å²) >= 11 is 3.25. The molecular weight excluding hydrogens is 371 g/mol. The number of benzene rings is 1. The van der Waals surface area contributed by atoms with E-state index >= 15 is 0 Å². The van der Waals surface area contributed by atoms with Crippen LogP contribution in [0.3, 0.4) is 0 Å². The zero-order chi connectivity index (χ0) is 15.6. The summed E-state index contributed by atoms with van der Waals surface area (Å²) in [6.07, 6.45) is 2.72. The van der Waals surface area contributed by atoms with Crippen LogP contribution in [0.1, 0.15) is 25.7 Å². The van der Waals surface area contributed by atoms with E-state index in [4.69, 9.17) is 0 Å². The van der Waals surface area contributed by atoms with E-state index in [1.165, 1.54) is 0 Å². The molecule has 2 rings (SSSR count). The minimum absolute atomic E-state index is 0.219. The minimum atomic E-state index is -4.32. The van der Waals surface area contributed by atoms with Crippen LogP contribution in [0.15, 0.2) is 17.0 Å². The van der Waals surface area contributed by atoms with Crippen molar-refractivity contribution in [1.29, 1.82) is 0 Å². The molecule has 8 heteroatoms. The molecule has 1 heterocycles. The zero-order valence-corrected chi connectivity index (χ0v) is 13.6. The Hall–Kier alpha value is -0.600. The fourth-order valence-electron chi connectivity index (χ4n) is 2.60. The first-order valence-corrected chi connectivity index (χ1v) is 9.16. The van der Waals surface area contributed by atoms with Crippen molar-refractivity contribution < 1.29 is 21.6 Å². The van der Waals surface area contributed by atoms with Gasteiger partial charge in [-0.15, -0.1) is 0 Å². The molecule has 1 aromatic rings. The molecule has 1 fully saturated rings. The molecule has 1 aromatic carbocycles. The van der Waals surface area contributed by atoms with Crippen molar-refractivity contribution in [3.63, 3.8) is 0 Å². The van der Waals surface area contributed by atoms with Crippen molar-refractivity contribution >= 4 is 26.0 Å². The number of halogens is 4.